The highest BCUT2D eigenvalue weighted by atomic mass is 35.5. The first-order valence-electron chi connectivity index (χ1n) is 6.85. The number of benzene rings is 2. The maximum Gasteiger partial charge on any atom is 0.269 e. The Bertz CT molecular complexity index is 1050. The normalized spacial score (nSPS) is 14.0. The SMILES string of the molecule is CS(=O)(=O)Nc1cc(N2C(=O)c3c(F)ccc(F)c3C2=O)c(Cl)cc1Cl. The van der Waals surface area contributed by atoms with Crippen molar-refractivity contribution < 1.29 is 26.8 Å². The molecule has 0 unspecified atom stereocenters. The second-order valence-electron chi connectivity index (χ2n) is 5.38. The van der Waals surface area contributed by atoms with Gasteiger partial charge in [-0.05, 0) is 24.3 Å². The highest BCUT2D eigenvalue weighted by molar-refractivity contribution is 7.92. The van der Waals surface area contributed by atoms with E-state index in [0.717, 1.165) is 30.5 Å². The van der Waals surface area contributed by atoms with Crippen LogP contribution in [0.5, 0.6) is 0 Å². The number of rotatable bonds is 3. The van der Waals surface area contributed by atoms with Gasteiger partial charge in [-0.1, -0.05) is 23.2 Å². The lowest BCUT2D eigenvalue weighted by atomic mass is 10.1. The number of carbonyl (C=O) groups excluding carboxylic acids is 2. The molecule has 1 aliphatic rings. The zero-order valence-electron chi connectivity index (χ0n) is 12.8. The van der Waals surface area contributed by atoms with Crippen LogP contribution in [0.3, 0.4) is 0 Å². The van der Waals surface area contributed by atoms with Gasteiger partial charge in [0.25, 0.3) is 11.8 Å². The molecule has 1 aliphatic heterocycles. The number of nitrogens with one attached hydrogen (secondary N) is 1. The van der Waals surface area contributed by atoms with E-state index in [1.54, 1.807) is 0 Å². The molecule has 3 rings (SSSR count). The number of halogens is 4. The average Bonchev–Trinajstić information content (AvgIpc) is 2.78. The molecule has 1 N–H and O–H groups in total. The number of hydrogen-bond acceptors (Lipinski definition) is 4. The molecule has 26 heavy (non-hydrogen) atoms. The minimum atomic E-state index is -3.73. The summed E-state index contributed by atoms with van der Waals surface area (Å²) in [6, 6.07) is 3.58. The number of carbonyl (C=O) groups is 2. The highest BCUT2D eigenvalue weighted by Crippen LogP contribution is 2.39. The molecule has 136 valence electrons. The van der Waals surface area contributed by atoms with Gasteiger partial charge in [0.05, 0.1) is 38.8 Å². The molecule has 0 bridgehead atoms. The molecule has 2 aromatic rings. The van der Waals surface area contributed by atoms with Crippen molar-refractivity contribution in [2.75, 3.05) is 15.9 Å². The summed E-state index contributed by atoms with van der Waals surface area (Å²) in [6.45, 7) is 0. The minimum Gasteiger partial charge on any atom is -0.282 e. The van der Waals surface area contributed by atoms with Crippen LogP contribution in [-0.4, -0.2) is 26.5 Å². The lowest BCUT2D eigenvalue weighted by Crippen LogP contribution is -2.30. The number of imide groups is 1. The number of hydrogen-bond donors (Lipinski definition) is 1. The highest BCUT2D eigenvalue weighted by Gasteiger charge is 2.42. The van der Waals surface area contributed by atoms with Crippen LogP contribution in [0.25, 0.3) is 0 Å². The summed E-state index contributed by atoms with van der Waals surface area (Å²) in [5.74, 6) is -4.39. The average molecular weight is 421 g/mol. The van der Waals surface area contributed by atoms with Gasteiger partial charge < -0.3 is 0 Å². The first-order valence-corrected chi connectivity index (χ1v) is 9.49. The van der Waals surface area contributed by atoms with Crippen molar-refractivity contribution in [3.63, 3.8) is 0 Å². The molecular weight excluding hydrogens is 413 g/mol. The summed E-state index contributed by atoms with van der Waals surface area (Å²) >= 11 is 11.9. The molecule has 0 saturated heterocycles. The molecule has 0 aromatic heterocycles. The second-order valence-corrected chi connectivity index (χ2v) is 7.95. The summed E-state index contributed by atoms with van der Waals surface area (Å²) in [4.78, 5) is 25.4. The largest absolute Gasteiger partial charge is 0.282 e. The molecule has 11 heteroatoms. The summed E-state index contributed by atoms with van der Waals surface area (Å²) in [7, 11) is -3.73. The Balaban J connectivity index is 2.18. The van der Waals surface area contributed by atoms with Gasteiger partial charge in [-0.2, -0.15) is 0 Å². The van der Waals surface area contributed by atoms with E-state index in [2.05, 4.69) is 4.72 Å². The maximum atomic E-state index is 13.9. The Morgan fingerprint density at radius 2 is 1.46 bits per heavy atom. The molecule has 6 nitrogen and oxygen atoms in total. The van der Waals surface area contributed by atoms with Gasteiger partial charge in [0.1, 0.15) is 11.6 Å². The quantitative estimate of drug-likeness (QED) is 0.770. The van der Waals surface area contributed by atoms with Crippen LogP contribution in [0, 0.1) is 11.6 Å². The van der Waals surface area contributed by atoms with Gasteiger partial charge in [-0.15, -0.1) is 0 Å². The molecule has 2 aromatic carbocycles. The molecule has 0 spiro atoms. The topological polar surface area (TPSA) is 83.6 Å². The van der Waals surface area contributed by atoms with Crippen LogP contribution >= 0.6 is 23.2 Å². The first-order chi connectivity index (χ1) is 12.0. The van der Waals surface area contributed by atoms with Crippen molar-refractivity contribution >= 4 is 56.4 Å². The van der Waals surface area contributed by atoms with Gasteiger partial charge >= 0.3 is 0 Å². The lowest BCUT2D eigenvalue weighted by Gasteiger charge is -2.18. The molecule has 0 saturated carbocycles. The van der Waals surface area contributed by atoms with Crippen LogP contribution in [0.2, 0.25) is 10.0 Å². The Morgan fingerprint density at radius 1 is 0.962 bits per heavy atom. The van der Waals surface area contributed by atoms with E-state index in [1.165, 1.54) is 0 Å². The van der Waals surface area contributed by atoms with Crippen molar-refractivity contribution in [1.29, 1.82) is 0 Å². The van der Waals surface area contributed by atoms with Gasteiger partial charge in [0.2, 0.25) is 10.0 Å². The Morgan fingerprint density at radius 3 is 1.92 bits per heavy atom. The summed E-state index contributed by atoms with van der Waals surface area (Å²) in [5, 5.41) is -0.289. The van der Waals surface area contributed by atoms with Crippen molar-refractivity contribution in [1.82, 2.24) is 0 Å². The fourth-order valence-electron chi connectivity index (χ4n) is 2.49. The molecule has 0 radical (unpaired) electrons. The third kappa shape index (κ3) is 3.02. The molecule has 0 aliphatic carbocycles. The summed E-state index contributed by atoms with van der Waals surface area (Å²) in [6.07, 6.45) is 0.865. The van der Waals surface area contributed by atoms with E-state index in [4.69, 9.17) is 23.2 Å². The third-order valence-electron chi connectivity index (χ3n) is 3.51. The maximum absolute atomic E-state index is 13.9. The second kappa shape index (κ2) is 6.19. The smallest absolute Gasteiger partial charge is 0.269 e. The zero-order chi connectivity index (χ0) is 19.4. The third-order valence-corrected chi connectivity index (χ3v) is 4.72. The van der Waals surface area contributed by atoms with E-state index in [0.29, 0.717) is 4.90 Å². The van der Waals surface area contributed by atoms with Crippen molar-refractivity contribution in [3.05, 3.63) is 57.1 Å². The lowest BCUT2D eigenvalue weighted by molar-refractivity contribution is 0.0924. The monoisotopic (exact) mass is 420 g/mol. The Kier molecular flexibility index (Phi) is 4.41. The zero-order valence-corrected chi connectivity index (χ0v) is 15.1. The van der Waals surface area contributed by atoms with Gasteiger partial charge in [-0.3, -0.25) is 14.3 Å². The number of fused-ring (bicyclic) bond motifs is 1. The number of nitrogens with zero attached hydrogens (tertiary/aromatic N) is 1. The van der Waals surface area contributed by atoms with E-state index in [-0.39, 0.29) is 21.4 Å². The number of anilines is 2. The standard InChI is InChI=1S/C15H8Cl2F2N2O4S/c1-26(24,25)20-10-5-11(7(17)4-6(10)16)21-14(22)12-8(18)2-3-9(19)13(12)15(21)23/h2-5,20H,1H3. The molecule has 0 fully saturated rings. The van der Waals surface area contributed by atoms with E-state index in [9.17, 15) is 26.8 Å². The van der Waals surface area contributed by atoms with E-state index in [1.807, 2.05) is 0 Å². The van der Waals surface area contributed by atoms with Crippen LogP contribution in [0.15, 0.2) is 24.3 Å². The first kappa shape index (κ1) is 18.6. The number of amides is 2. The minimum absolute atomic E-state index is 0.0989. The van der Waals surface area contributed by atoms with Crippen LogP contribution < -0.4 is 9.62 Å². The predicted octanol–water partition coefficient (Wildman–Crippen LogP) is 3.44. The molecule has 2 amide bonds. The Labute approximate surface area is 156 Å². The summed E-state index contributed by atoms with van der Waals surface area (Å²) in [5.41, 5.74) is -1.88. The van der Waals surface area contributed by atoms with Crippen LogP contribution in [-0.2, 0) is 10.0 Å². The van der Waals surface area contributed by atoms with Gasteiger partial charge in [-0.25, -0.2) is 22.1 Å². The molecule has 0 atom stereocenters. The van der Waals surface area contributed by atoms with Crippen molar-refractivity contribution in [2.45, 2.75) is 0 Å². The van der Waals surface area contributed by atoms with Gasteiger partial charge in [0, 0.05) is 0 Å². The Hall–Kier alpha value is -2.23. The molecule has 1 heterocycles. The van der Waals surface area contributed by atoms with Gasteiger partial charge in [0.15, 0.2) is 0 Å². The van der Waals surface area contributed by atoms with Crippen LogP contribution in [0.4, 0.5) is 20.2 Å². The van der Waals surface area contributed by atoms with Crippen molar-refractivity contribution in [3.8, 4) is 0 Å². The van der Waals surface area contributed by atoms with Crippen molar-refractivity contribution in [2.24, 2.45) is 0 Å². The summed E-state index contributed by atoms with van der Waals surface area (Å²) < 4.78 is 52.8. The predicted molar refractivity (Wildman–Crippen MR) is 92.4 cm³/mol. The van der Waals surface area contributed by atoms with E-state index < -0.39 is 44.6 Å². The molecular formula is C15H8Cl2F2N2O4S. The van der Waals surface area contributed by atoms with E-state index >= 15 is 0 Å². The number of sulfonamides is 1. The fraction of sp³-hybridized carbons (Fsp3) is 0.0667. The van der Waals surface area contributed by atoms with Crippen LogP contribution in [0.1, 0.15) is 20.7 Å². The fourth-order valence-corrected chi connectivity index (χ4v) is 3.63.